The Balaban J connectivity index is 1.79. The van der Waals surface area contributed by atoms with Crippen LogP contribution in [0.2, 0.25) is 0 Å². The fourth-order valence-corrected chi connectivity index (χ4v) is 7.55. The molecule has 3 aromatic heterocycles. The molecule has 9 heteroatoms. The summed E-state index contributed by atoms with van der Waals surface area (Å²) in [7, 11) is 0. The predicted octanol–water partition coefficient (Wildman–Crippen LogP) is 9.52. The largest absolute Gasteiger partial charge is 0.342 e. The number of nitrogens with zero attached hydrogens (tertiary/aromatic N) is 6. The Kier molecular flexibility index (Phi) is 13.4. The van der Waals surface area contributed by atoms with E-state index in [4.69, 9.17) is 9.97 Å². The number of fused-ring (bicyclic) bond motifs is 3. The molecule has 0 saturated carbocycles. The van der Waals surface area contributed by atoms with Crippen molar-refractivity contribution in [3.63, 3.8) is 0 Å². The van der Waals surface area contributed by atoms with Crippen LogP contribution in [0.3, 0.4) is 0 Å². The molecule has 0 radical (unpaired) electrons. The first-order valence-corrected chi connectivity index (χ1v) is 19.5. The summed E-state index contributed by atoms with van der Waals surface area (Å²) >= 11 is 1.37. The predicted molar refractivity (Wildman–Crippen MR) is 209 cm³/mol. The third kappa shape index (κ3) is 8.43. The number of hydrogen-bond acceptors (Lipinski definition) is 7. The van der Waals surface area contributed by atoms with Crippen molar-refractivity contribution in [1.29, 1.82) is 0 Å². The van der Waals surface area contributed by atoms with Crippen LogP contribution in [0.1, 0.15) is 105 Å². The number of anilines is 2. The van der Waals surface area contributed by atoms with Crippen LogP contribution in [0, 0.1) is 0 Å². The van der Waals surface area contributed by atoms with E-state index in [1.165, 1.54) is 11.3 Å². The van der Waals surface area contributed by atoms with Crippen molar-refractivity contribution in [1.82, 2.24) is 19.1 Å². The van der Waals surface area contributed by atoms with E-state index >= 15 is 0 Å². The first-order chi connectivity index (χ1) is 24.0. The maximum absolute atomic E-state index is 14.9. The van der Waals surface area contributed by atoms with Gasteiger partial charge in [-0.3, -0.25) is 9.59 Å². The number of thiophene rings is 1. The highest BCUT2D eigenvalue weighted by molar-refractivity contribution is 7.25. The van der Waals surface area contributed by atoms with Gasteiger partial charge in [0.05, 0.1) is 22.1 Å². The van der Waals surface area contributed by atoms with Crippen molar-refractivity contribution >= 4 is 43.7 Å². The average molecular weight is 683 g/mol. The molecule has 5 aromatic rings. The Labute approximate surface area is 295 Å². The second-order valence-electron chi connectivity index (χ2n) is 13.0. The van der Waals surface area contributed by atoms with Gasteiger partial charge in [0.2, 0.25) is 11.9 Å². The number of unbranched alkanes of at least 4 members (excludes halogenated alkanes) is 8. The van der Waals surface area contributed by atoms with Crippen LogP contribution >= 0.6 is 11.3 Å². The Hall–Kier alpha value is -3.98. The second kappa shape index (κ2) is 18.1. The molecule has 0 spiro atoms. The topological polar surface area (TPSA) is 76.3 Å². The molecule has 0 aliphatic rings. The van der Waals surface area contributed by atoms with Gasteiger partial charge in [0, 0.05) is 26.2 Å². The highest BCUT2D eigenvalue weighted by Gasteiger charge is 2.26. The molecule has 0 atom stereocenters. The zero-order chi connectivity index (χ0) is 34.6. The number of rotatable bonds is 20. The van der Waals surface area contributed by atoms with Crippen LogP contribution in [-0.4, -0.2) is 45.3 Å². The molecule has 0 aliphatic carbocycles. The molecule has 262 valence electrons. The molecular weight excluding hydrogens is 629 g/mol. The molecular formula is C40H54N6O2S. The lowest BCUT2D eigenvalue weighted by Gasteiger charge is -2.27. The number of para-hydroxylation sites is 2. The highest BCUT2D eigenvalue weighted by atomic mass is 32.1. The van der Waals surface area contributed by atoms with Gasteiger partial charge in [-0.2, -0.15) is 0 Å². The lowest BCUT2D eigenvalue weighted by atomic mass is 10.2. The standard InChI is InChI=1S/C40H54N6O2S/c1-5-9-19-27-43(28-20-10-6-2)39-41-35-33(37(47)45(39)31-23-15-13-16-24-31)34-36(49-35)42-40(44(29-21-11-7-3)30-22-12-8-4)46(38(34)48)32-25-17-14-18-26-32/h13-18,23-26H,5-12,19-22,27-30H2,1-4H3. The van der Waals surface area contributed by atoms with Crippen molar-refractivity contribution in [2.75, 3.05) is 36.0 Å². The van der Waals surface area contributed by atoms with Gasteiger partial charge in [-0.25, -0.2) is 19.1 Å². The Morgan fingerprint density at radius 3 is 1.14 bits per heavy atom. The zero-order valence-electron chi connectivity index (χ0n) is 30.0. The quantitative estimate of drug-likeness (QED) is 0.0762. The molecule has 0 aliphatic heterocycles. The van der Waals surface area contributed by atoms with Crippen molar-refractivity contribution in [3.8, 4) is 11.4 Å². The van der Waals surface area contributed by atoms with Gasteiger partial charge in [0.25, 0.3) is 11.1 Å². The molecule has 5 rings (SSSR count). The van der Waals surface area contributed by atoms with E-state index < -0.39 is 0 Å². The van der Waals surface area contributed by atoms with Gasteiger partial charge in [-0.1, -0.05) is 127 Å². The minimum absolute atomic E-state index is 0.220. The first kappa shape index (κ1) is 36.3. The Bertz CT molecular complexity index is 1730. The van der Waals surface area contributed by atoms with E-state index in [0.717, 1.165) is 115 Å². The van der Waals surface area contributed by atoms with Gasteiger partial charge in [0.15, 0.2) is 0 Å². The van der Waals surface area contributed by atoms with Crippen LogP contribution in [0.5, 0.6) is 0 Å². The van der Waals surface area contributed by atoms with Gasteiger partial charge < -0.3 is 9.80 Å². The molecule has 2 aromatic carbocycles. The van der Waals surface area contributed by atoms with E-state index in [1.54, 1.807) is 9.13 Å². The summed E-state index contributed by atoms with van der Waals surface area (Å²) < 4.78 is 3.46. The van der Waals surface area contributed by atoms with Gasteiger partial charge in [-0.15, -0.1) is 0 Å². The fraction of sp³-hybridized carbons (Fsp3) is 0.500. The summed E-state index contributed by atoms with van der Waals surface area (Å²) in [5.74, 6) is 1.29. The lowest BCUT2D eigenvalue weighted by Crippen LogP contribution is -2.35. The van der Waals surface area contributed by atoms with Crippen LogP contribution < -0.4 is 20.9 Å². The Morgan fingerprint density at radius 2 is 0.837 bits per heavy atom. The van der Waals surface area contributed by atoms with Gasteiger partial charge >= 0.3 is 0 Å². The summed E-state index contributed by atoms with van der Waals surface area (Å²) in [5.41, 5.74) is 1.06. The number of hydrogen-bond donors (Lipinski definition) is 0. The average Bonchev–Trinajstić information content (AvgIpc) is 3.50. The third-order valence-corrected chi connectivity index (χ3v) is 10.2. The molecule has 0 amide bonds. The smallest absolute Gasteiger partial charge is 0.269 e. The van der Waals surface area contributed by atoms with Crippen LogP contribution in [0.4, 0.5) is 11.9 Å². The molecule has 0 unspecified atom stereocenters. The molecule has 0 fully saturated rings. The van der Waals surface area contributed by atoms with E-state index in [2.05, 4.69) is 37.5 Å². The van der Waals surface area contributed by atoms with Crippen LogP contribution in [-0.2, 0) is 0 Å². The first-order valence-electron chi connectivity index (χ1n) is 18.7. The molecule has 49 heavy (non-hydrogen) atoms. The van der Waals surface area contributed by atoms with E-state index in [1.807, 2.05) is 60.7 Å². The van der Waals surface area contributed by atoms with Crippen molar-refractivity contribution < 1.29 is 0 Å². The van der Waals surface area contributed by atoms with E-state index in [9.17, 15) is 9.59 Å². The zero-order valence-corrected chi connectivity index (χ0v) is 30.8. The normalized spacial score (nSPS) is 11.5. The Morgan fingerprint density at radius 1 is 0.510 bits per heavy atom. The molecule has 8 nitrogen and oxygen atoms in total. The summed E-state index contributed by atoms with van der Waals surface area (Å²) in [6.07, 6.45) is 13.0. The monoisotopic (exact) mass is 682 g/mol. The van der Waals surface area contributed by atoms with Crippen molar-refractivity contribution in [3.05, 3.63) is 81.4 Å². The van der Waals surface area contributed by atoms with E-state index in [-0.39, 0.29) is 11.1 Å². The summed E-state index contributed by atoms with van der Waals surface area (Å²) in [5, 5.41) is 0.707. The molecule has 0 saturated heterocycles. The lowest BCUT2D eigenvalue weighted by molar-refractivity contribution is 0.620. The molecule has 0 N–H and O–H groups in total. The number of benzene rings is 2. The maximum Gasteiger partial charge on any atom is 0.269 e. The van der Waals surface area contributed by atoms with Gasteiger partial charge in [0.1, 0.15) is 9.66 Å². The molecule has 3 heterocycles. The maximum atomic E-state index is 14.9. The molecule has 0 bridgehead atoms. The summed E-state index contributed by atoms with van der Waals surface area (Å²) in [6.45, 7) is 12.1. The van der Waals surface area contributed by atoms with Crippen molar-refractivity contribution in [2.24, 2.45) is 0 Å². The van der Waals surface area contributed by atoms with E-state index in [0.29, 0.717) is 32.3 Å². The van der Waals surface area contributed by atoms with Crippen molar-refractivity contribution in [2.45, 2.75) is 105 Å². The fourth-order valence-electron chi connectivity index (χ4n) is 6.53. The summed E-state index contributed by atoms with van der Waals surface area (Å²) in [6, 6.07) is 19.5. The minimum atomic E-state index is -0.220. The van der Waals surface area contributed by atoms with Gasteiger partial charge in [-0.05, 0) is 49.9 Å². The SMILES string of the molecule is CCCCCN(CCCCC)c1nc2sc3nc(N(CCCCC)CCCCC)n(-c4ccccc4)c(=O)c3c2c(=O)n1-c1ccccc1. The third-order valence-electron chi connectivity index (χ3n) is 9.23. The number of aromatic nitrogens is 4. The van der Waals surface area contributed by atoms with Crippen LogP contribution in [0.15, 0.2) is 70.3 Å². The van der Waals surface area contributed by atoms with Crippen LogP contribution in [0.25, 0.3) is 31.8 Å². The minimum Gasteiger partial charge on any atom is -0.342 e. The second-order valence-corrected chi connectivity index (χ2v) is 14.0. The summed E-state index contributed by atoms with van der Waals surface area (Å²) in [4.78, 5) is 46.0. The highest BCUT2D eigenvalue weighted by Crippen LogP contribution is 2.32.